The van der Waals surface area contributed by atoms with Gasteiger partial charge in [0.25, 0.3) is 0 Å². The van der Waals surface area contributed by atoms with Gasteiger partial charge in [-0.2, -0.15) is 0 Å². The second-order valence-corrected chi connectivity index (χ2v) is 4.32. The van der Waals surface area contributed by atoms with E-state index < -0.39 is 0 Å². The number of rotatable bonds is 7. The molecule has 0 saturated heterocycles. The van der Waals surface area contributed by atoms with E-state index in [0.717, 1.165) is 25.3 Å². The van der Waals surface area contributed by atoms with Crippen molar-refractivity contribution in [2.75, 3.05) is 19.6 Å². The molecule has 0 unspecified atom stereocenters. The summed E-state index contributed by atoms with van der Waals surface area (Å²) in [5.41, 5.74) is 0.883. The average molecular weight is 223 g/mol. The summed E-state index contributed by atoms with van der Waals surface area (Å²) >= 11 is 0. The van der Waals surface area contributed by atoms with Crippen LogP contribution < -0.4 is 16.2 Å². The Kier molecular flexibility index (Phi) is 5.82. The van der Waals surface area contributed by atoms with E-state index >= 15 is 0 Å². The number of hydrogen-bond acceptors (Lipinski definition) is 3. The number of hydrogen-bond donors (Lipinski definition) is 3. The summed E-state index contributed by atoms with van der Waals surface area (Å²) in [6, 6.07) is 5.20. The summed E-state index contributed by atoms with van der Waals surface area (Å²) in [5, 5.41) is 6.62. The fraction of sp³-hybridized carbons (Fsp3) is 0.583. The van der Waals surface area contributed by atoms with Crippen LogP contribution in [-0.2, 0) is 6.54 Å². The summed E-state index contributed by atoms with van der Waals surface area (Å²) in [6.07, 6.45) is 0. The SMILES string of the molecule is CC(C)CNCCNCc1cccc(=O)[nH]1. The molecule has 0 aliphatic rings. The topological polar surface area (TPSA) is 56.9 Å². The minimum absolute atomic E-state index is 0.0442. The third-order valence-electron chi connectivity index (χ3n) is 2.18. The molecule has 0 spiro atoms. The Hall–Kier alpha value is -1.13. The first-order chi connectivity index (χ1) is 7.68. The van der Waals surface area contributed by atoms with Gasteiger partial charge in [0.2, 0.25) is 5.56 Å². The predicted molar refractivity (Wildman–Crippen MR) is 66.5 cm³/mol. The fourth-order valence-electron chi connectivity index (χ4n) is 1.39. The van der Waals surface area contributed by atoms with Gasteiger partial charge in [0.05, 0.1) is 0 Å². The third kappa shape index (κ3) is 5.68. The quantitative estimate of drug-likeness (QED) is 0.597. The molecule has 0 bridgehead atoms. The second kappa shape index (κ2) is 7.19. The molecular formula is C12H21N3O. The summed E-state index contributed by atoms with van der Waals surface area (Å²) < 4.78 is 0. The average Bonchev–Trinajstić information content (AvgIpc) is 2.23. The van der Waals surface area contributed by atoms with Gasteiger partial charge in [-0.15, -0.1) is 0 Å². The zero-order valence-electron chi connectivity index (χ0n) is 10.0. The van der Waals surface area contributed by atoms with Crippen LogP contribution in [0, 0.1) is 5.92 Å². The lowest BCUT2D eigenvalue weighted by molar-refractivity contribution is 0.534. The van der Waals surface area contributed by atoms with Gasteiger partial charge in [0, 0.05) is 31.4 Å². The van der Waals surface area contributed by atoms with Crippen molar-refractivity contribution in [1.29, 1.82) is 0 Å². The van der Waals surface area contributed by atoms with Crippen molar-refractivity contribution in [2.24, 2.45) is 5.92 Å². The minimum atomic E-state index is -0.0442. The second-order valence-electron chi connectivity index (χ2n) is 4.32. The van der Waals surface area contributed by atoms with Crippen molar-refractivity contribution < 1.29 is 0 Å². The highest BCUT2D eigenvalue weighted by Gasteiger charge is 1.94. The minimum Gasteiger partial charge on any atom is -0.325 e. The van der Waals surface area contributed by atoms with Crippen molar-refractivity contribution in [1.82, 2.24) is 15.6 Å². The van der Waals surface area contributed by atoms with E-state index in [1.54, 1.807) is 6.07 Å². The molecule has 1 heterocycles. The fourth-order valence-corrected chi connectivity index (χ4v) is 1.39. The molecule has 0 aromatic carbocycles. The molecule has 1 rings (SSSR count). The lowest BCUT2D eigenvalue weighted by Gasteiger charge is -2.08. The van der Waals surface area contributed by atoms with Gasteiger partial charge in [0.15, 0.2) is 0 Å². The van der Waals surface area contributed by atoms with E-state index in [1.807, 2.05) is 6.07 Å². The number of aromatic amines is 1. The van der Waals surface area contributed by atoms with Crippen LogP contribution >= 0.6 is 0 Å². The van der Waals surface area contributed by atoms with Crippen molar-refractivity contribution in [3.05, 3.63) is 34.2 Å². The number of H-pyrrole nitrogens is 1. The molecular weight excluding hydrogens is 202 g/mol. The first-order valence-corrected chi connectivity index (χ1v) is 5.78. The molecule has 0 saturated carbocycles. The van der Waals surface area contributed by atoms with Crippen LogP contribution in [0.5, 0.6) is 0 Å². The van der Waals surface area contributed by atoms with Gasteiger partial charge in [-0.25, -0.2) is 0 Å². The van der Waals surface area contributed by atoms with Crippen LogP contribution in [0.1, 0.15) is 19.5 Å². The van der Waals surface area contributed by atoms with Crippen molar-refractivity contribution in [3.63, 3.8) is 0 Å². The monoisotopic (exact) mass is 223 g/mol. The van der Waals surface area contributed by atoms with E-state index in [2.05, 4.69) is 29.5 Å². The zero-order valence-corrected chi connectivity index (χ0v) is 10.0. The van der Waals surface area contributed by atoms with Crippen LogP contribution in [0.3, 0.4) is 0 Å². The van der Waals surface area contributed by atoms with Crippen LogP contribution in [0.2, 0.25) is 0 Å². The standard InChI is InChI=1S/C12H21N3O/c1-10(2)8-13-6-7-14-9-11-4-3-5-12(16)15-11/h3-5,10,13-14H,6-9H2,1-2H3,(H,15,16). The molecule has 0 atom stereocenters. The molecule has 4 heteroatoms. The highest BCUT2D eigenvalue weighted by Crippen LogP contribution is 1.88. The van der Waals surface area contributed by atoms with Crippen LogP contribution in [0.15, 0.2) is 23.0 Å². The Bertz CT molecular complexity index is 346. The molecule has 1 aromatic rings. The molecule has 1 aromatic heterocycles. The number of pyridine rings is 1. The maximum absolute atomic E-state index is 11.0. The Morgan fingerprint density at radius 1 is 1.25 bits per heavy atom. The predicted octanol–water partition coefficient (Wildman–Crippen LogP) is 0.710. The molecule has 0 amide bonds. The van der Waals surface area contributed by atoms with Gasteiger partial charge < -0.3 is 15.6 Å². The van der Waals surface area contributed by atoms with Gasteiger partial charge in [0.1, 0.15) is 0 Å². The van der Waals surface area contributed by atoms with E-state index in [9.17, 15) is 4.79 Å². The van der Waals surface area contributed by atoms with Crippen molar-refractivity contribution in [2.45, 2.75) is 20.4 Å². The lowest BCUT2D eigenvalue weighted by Crippen LogP contribution is -2.29. The normalized spacial score (nSPS) is 10.9. The van der Waals surface area contributed by atoms with E-state index in [-0.39, 0.29) is 5.56 Å². The Labute approximate surface area is 96.5 Å². The summed E-state index contributed by atoms with van der Waals surface area (Å²) in [7, 11) is 0. The molecule has 0 fully saturated rings. The smallest absolute Gasteiger partial charge is 0.248 e. The first-order valence-electron chi connectivity index (χ1n) is 5.78. The van der Waals surface area contributed by atoms with E-state index in [4.69, 9.17) is 0 Å². The lowest BCUT2D eigenvalue weighted by atomic mass is 10.2. The van der Waals surface area contributed by atoms with Gasteiger partial charge in [-0.05, 0) is 18.5 Å². The van der Waals surface area contributed by atoms with Crippen molar-refractivity contribution in [3.8, 4) is 0 Å². The first kappa shape index (κ1) is 12.9. The number of aromatic nitrogens is 1. The summed E-state index contributed by atoms with van der Waals surface area (Å²) in [6.45, 7) is 7.99. The molecule has 0 aliphatic carbocycles. The summed E-state index contributed by atoms with van der Waals surface area (Å²) in [4.78, 5) is 13.8. The molecule has 4 nitrogen and oxygen atoms in total. The van der Waals surface area contributed by atoms with Crippen LogP contribution in [0.4, 0.5) is 0 Å². The largest absolute Gasteiger partial charge is 0.325 e. The molecule has 16 heavy (non-hydrogen) atoms. The van der Waals surface area contributed by atoms with Gasteiger partial charge in [-0.3, -0.25) is 4.79 Å². The third-order valence-corrected chi connectivity index (χ3v) is 2.18. The zero-order chi connectivity index (χ0) is 11.8. The molecule has 90 valence electrons. The summed E-state index contributed by atoms with van der Waals surface area (Å²) in [5.74, 6) is 0.686. The Balaban J connectivity index is 2.09. The van der Waals surface area contributed by atoms with Crippen LogP contribution in [0.25, 0.3) is 0 Å². The molecule has 0 aliphatic heterocycles. The van der Waals surface area contributed by atoms with Crippen LogP contribution in [-0.4, -0.2) is 24.6 Å². The maximum Gasteiger partial charge on any atom is 0.248 e. The van der Waals surface area contributed by atoms with Gasteiger partial charge in [-0.1, -0.05) is 19.9 Å². The molecule has 0 radical (unpaired) electrons. The highest BCUT2D eigenvalue weighted by atomic mass is 16.1. The number of nitrogens with one attached hydrogen (secondary N) is 3. The highest BCUT2D eigenvalue weighted by molar-refractivity contribution is 5.03. The Morgan fingerprint density at radius 2 is 2.00 bits per heavy atom. The van der Waals surface area contributed by atoms with Gasteiger partial charge >= 0.3 is 0 Å². The Morgan fingerprint density at radius 3 is 2.69 bits per heavy atom. The molecule has 3 N–H and O–H groups in total. The van der Waals surface area contributed by atoms with E-state index in [1.165, 1.54) is 6.07 Å². The maximum atomic E-state index is 11.0. The van der Waals surface area contributed by atoms with E-state index in [0.29, 0.717) is 12.5 Å². The van der Waals surface area contributed by atoms with Crippen molar-refractivity contribution >= 4 is 0 Å².